The Morgan fingerprint density at radius 2 is 1.71 bits per heavy atom. The smallest absolute Gasteiger partial charge is 0.260 e. The van der Waals surface area contributed by atoms with Gasteiger partial charge in [0.2, 0.25) is 0 Å². The number of amides is 1. The van der Waals surface area contributed by atoms with Crippen LogP contribution in [0.4, 0.5) is 5.69 Å². The Kier molecular flexibility index (Phi) is 4.73. The average Bonchev–Trinajstić information content (AvgIpc) is 2.45. The maximum atomic E-state index is 12.2. The number of ether oxygens (including phenoxy) is 1. The zero-order chi connectivity index (χ0) is 15.5. The molecule has 1 aromatic carbocycles. The number of piperazine rings is 1. The number of hydrogen-bond donors (Lipinski definition) is 1. The van der Waals surface area contributed by atoms with E-state index in [0.717, 1.165) is 26.2 Å². The summed E-state index contributed by atoms with van der Waals surface area (Å²) in [5, 5.41) is 0. The fraction of sp³-hybridized carbons (Fsp3) is 0.562. The summed E-state index contributed by atoms with van der Waals surface area (Å²) in [6.45, 7) is 10.0. The summed E-state index contributed by atoms with van der Waals surface area (Å²) in [5.74, 6) is 0.714. The van der Waals surface area contributed by atoms with Crippen molar-refractivity contribution in [3.8, 4) is 5.75 Å². The molecule has 1 aromatic rings. The molecule has 2 N–H and O–H groups in total. The monoisotopic (exact) mass is 291 g/mol. The van der Waals surface area contributed by atoms with Gasteiger partial charge in [-0.15, -0.1) is 0 Å². The van der Waals surface area contributed by atoms with Crippen molar-refractivity contribution < 1.29 is 9.53 Å². The maximum absolute atomic E-state index is 12.2. The summed E-state index contributed by atoms with van der Waals surface area (Å²) in [4.78, 5) is 16.4. The largest absolute Gasteiger partial charge is 0.484 e. The van der Waals surface area contributed by atoms with Gasteiger partial charge >= 0.3 is 0 Å². The van der Waals surface area contributed by atoms with Gasteiger partial charge in [-0.2, -0.15) is 0 Å². The summed E-state index contributed by atoms with van der Waals surface area (Å²) < 4.78 is 5.51. The fourth-order valence-electron chi connectivity index (χ4n) is 2.43. The van der Waals surface area contributed by atoms with Crippen molar-refractivity contribution in [2.24, 2.45) is 0 Å². The van der Waals surface area contributed by atoms with Crippen molar-refractivity contribution in [3.05, 3.63) is 24.3 Å². The zero-order valence-electron chi connectivity index (χ0n) is 13.1. The summed E-state index contributed by atoms with van der Waals surface area (Å²) >= 11 is 0. The number of nitrogens with zero attached hydrogens (tertiary/aromatic N) is 2. The van der Waals surface area contributed by atoms with Crippen LogP contribution in [0.3, 0.4) is 0 Å². The highest BCUT2D eigenvalue weighted by atomic mass is 16.5. The van der Waals surface area contributed by atoms with E-state index in [9.17, 15) is 4.79 Å². The summed E-state index contributed by atoms with van der Waals surface area (Å²) in [5.41, 5.74) is 6.46. The molecule has 1 heterocycles. The van der Waals surface area contributed by atoms with Gasteiger partial charge in [0.15, 0.2) is 6.61 Å². The van der Waals surface area contributed by atoms with E-state index in [2.05, 4.69) is 25.7 Å². The molecule has 0 spiro atoms. The molecule has 0 aromatic heterocycles. The van der Waals surface area contributed by atoms with Gasteiger partial charge in [0.05, 0.1) is 0 Å². The van der Waals surface area contributed by atoms with Gasteiger partial charge in [0.1, 0.15) is 5.75 Å². The highest BCUT2D eigenvalue weighted by Crippen LogP contribution is 2.16. The van der Waals surface area contributed by atoms with Crippen molar-refractivity contribution in [2.75, 3.05) is 38.5 Å². The summed E-state index contributed by atoms with van der Waals surface area (Å²) in [6, 6.07) is 7.09. The van der Waals surface area contributed by atoms with Crippen LogP contribution in [0, 0.1) is 0 Å². The lowest BCUT2D eigenvalue weighted by Gasteiger charge is -2.42. The lowest BCUT2D eigenvalue weighted by Crippen LogP contribution is -2.55. The van der Waals surface area contributed by atoms with Crippen molar-refractivity contribution in [3.63, 3.8) is 0 Å². The molecule has 1 aliphatic rings. The number of carbonyl (C=O) groups is 1. The van der Waals surface area contributed by atoms with E-state index in [-0.39, 0.29) is 18.1 Å². The Morgan fingerprint density at radius 1 is 1.14 bits per heavy atom. The molecular formula is C16H25N3O2. The molecule has 5 nitrogen and oxygen atoms in total. The predicted octanol–water partition coefficient (Wildman–Crippen LogP) is 1.59. The normalized spacial score (nSPS) is 16.8. The number of nitrogen functional groups attached to an aromatic ring is 1. The zero-order valence-corrected chi connectivity index (χ0v) is 13.1. The topological polar surface area (TPSA) is 58.8 Å². The van der Waals surface area contributed by atoms with Crippen LogP contribution in [0.5, 0.6) is 5.75 Å². The van der Waals surface area contributed by atoms with Crippen molar-refractivity contribution in [2.45, 2.75) is 26.3 Å². The third-order valence-corrected chi connectivity index (χ3v) is 3.82. The number of nitrogens with two attached hydrogens (primary N) is 1. The van der Waals surface area contributed by atoms with Crippen molar-refractivity contribution in [1.82, 2.24) is 9.80 Å². The molecule has 2 rings (SSSR count). The average molecular weight is 291 g/mol. The second kappa shape index (κ2) is 6.35. The Bertz CT molecular complexity index is 471. The first-order valence-corrected chi connectivity index (χ1v) is 7.37. The number of anilines is 1. The highest BCUT2D eigenvalue weighted by Gasteiger charge is 2.27. The second-order valence-corrected chi connectivity index (χ2v) is 6.40. The Labute approximate surface area is 126 Å². The minimum atomic E-state index is 0.0420. The molecule has 1 amide bonds. The van der Waals surface area contributed by atoms with E-state index >= 15 is 0 Å². The van der Waals surface area contributed by atoms with Gasteiger partial charge in [0.25, 0.3) is 5.91 Å². The summed E-state index contributed by atoms with van der Waals surface area (Å²) in [7, 11) is 0. The van der Waals surface area contributed by atoms with Crippen molar-refractivity contribution >= 4 is 11.6 Å². The third kappa shape index (κ3) is 4.36. The van der Waals surface area contributed by atoms with Gasteiger partial charge in [-0.3, -0.25) is 9.69 Å². The lowest BCUT2D eigenvalue weighted by molar-refractivity contribution is -0.135. The molecule has 0 unspecified atom stereocenters. The van der Waals surface area contributed by atoms with Crippen LogP contribution in [0.25, 0.3) is 0 Å². The Morgan fingerprint density at radius 3 is 2.24 bits per heavy atom. The molecular weight excluding hydrogens is 266 g/mol. The number of carbonyl (C=O) groups excluding carboxylic acids is 1. The first kappa shape index (κ1) is 15.6. The number of hydrogen-bond acceptors (Lipinski definition) is 4. The van der Waals surface area contributed by atoms with E-state index in [1.165, 1.54) is 0 Å². The maximum Gasteiger partial charge on any atom is 0.260 e. The minimum Gasteiger partial charge on any atom is -0.484 e. The Balaban J connectivity index is 1.78. The highest BCUT2D eigenvalue weighted by molar-refractivity contribution is 5.77. The standard InChI is InChI=1S/C16H25N3O2/c1-16(2,3)19-10-8-18(9-11-19)15(20)12-21-14-6-4-13(17)5-7-14/h4-7H,8-12,17H2,1-3H3. The molecule has 0 aliphatic carbocycles. The van der Waals surface area contributed by atoms with E-state index in [1.54, 1.807) is 24.3 Å². The molecule has 0 saturated carbocycles. The van der Waals surface area contributed by atoms with Gasteiger partial charge in [0, 0.05) is 37.4 Å². The van der Waals surface area contributed by atoms with E-state index in [1.807, 2.05) is 4.90 Å². The Hall–Kier alpha value is -1.75. The molecule has 1 fully saturated rings. The van der Waals surface area contributed by atoms with Crippen LogP contribution in [0.15, 0.2) is 24.3 Å². The van der Waals surface area contributed by atoms with Crippen LogP contribution < -0.4 is 10.5 Å². The third-order valence-electron chi connectivity index (χ3n) is 3.82. The quantitative estimate of drug-likeness (QED) is 0.859. The van der Waals surface area contributed by atoms with Gasteiger partial charge in [-0.1, -0.05) is 0 Å². The number of rotatable bonds is 3. The predicted molar refractivity (Wildman–Crippen MR) is 84.3 cm³/mol. The minimum absolute atomic E-state index is 0.0420. The molecule has 21 heavy (non-hydrogen) atoms. The molecule has 5 heteroatoms. The van der Waals surface area contributed by atoms with Gasteiger partial charge < -0.3 is 15.4 Å². The summed E-state index contributed by atoms with van der Waals surface area (Å²) in [6.07, 6.45) is 0. The molecule has 0 atom stereocenters. The fourth-order valence-corrected chi connectivity index (χ4v) is 2.43. The second-order valence-electron chi connectivity index (χ2n) is 6.40. The van der Waals surface area contributed by atoms with E-state index in [0.29, 0.717) is 11.4 Å². The molecule has 0 bridgehead atoms. The molecule has 1 aliphatic heterocycles. The van der Waals surface area contributed by atoms with Crippen LogP contribution in [-0.4, -0.2) is 54.0 Å². The van der Waals surface area contributed by atoms with Crippen molar-refractivity contribution in [1.29, 1.82) is 0 Å². The van der Waals surface area contributed by atoms with E-state index < -0.39 is 0 Å². The lowest BCUT2D eigenvalue weighted by atomic mass is 10.1. The van der Waals surface area contributed by atoms with Crippen LogP contribution in [0.1, 0.15) is 20.8 Å². The van der Waals surface area contributed by atoms with Crippen LogP contribution in [0.2, 0.25) is 0 Å². The first-order valence-electron chi connectivity index (χ1n) is 7.37. The van der Waals surface area contributed by atoms with Crippen LogP contribution in [-0.2, 0) is 4.79 Å². The van der Waals surface area contributed by atoms with E-state index in [4.69, 9.17) is 10.5 Å². The van der Waals surface area contributed by atoms with Gasteiger partial charge in [-0.05, 0) is 45.0 Å². The molecule has 1 saturated heterocycles. The van der Waals surface area contributed by atoms with Crippen LogP contribution >= 0.6 is 0 Å². The molecule has 116 valence electrons. The number of benzene rings is 1. The molecule has 0 radical (unpaired) electrons. The SMILES string of the molecule is CC(C)(C)N1CCN(C(=O)COc2ccc(N)cc2)CC1. The first-order chi connectivity index (χ1) is 9.86. The van der Waals surface area contributed by atoms with Gasteiger partial charge in [-0.25, -0.2) is 0 Å².